The quantitative estimate of drug-likeness (QED) is 0.338. The Morgan fingerprint density at radius 3 is 2.03 bits per heavy atom. The summed E-state index contributed by atoms with van der Waals surface area (Å²) < 4.78 is 0. The third-order valence-corrected chi connectivity index (χ3v) is 4.91. The molecule has 0 aromatic heterocycles. The zero-order valence-corrected chi connectivity index (χ0v) is 19.2. The molecule has 1 unspecified atom stereocenters. The molecule has 1 aromatic carbocycles. The second-order valence-electron chi connectivity index (χ2n) is 8.10. The van der Waals surface area contributed by atoms with Crippen molar-refractivity contribution in [2.24, 2.45) is 5.92 Å². The van der Waals surface area contributed by atoms with Crippen LogP contribution in [0.4, 0.5) is 4.79 Å². The number of rotatable bonds is 11. The fraction of sp³-hybridized carbons (Fsp3) is 0.545. The molecule has 0 fully saturated rings. The van der Waals surface area contributed by atoms with Crippen LogP contribution in [0.5, 0.6) is 0 Å². The highest BCUT2D eigenvalue weighted by molar-refractivity contribution is 5.93. The lowest BCUT2D eigenvalue weighted by Gasteiger charge is -2.28. The minimum Gasteiger partial charge on any atom is -0.465 e. The highest BCUT2D eigenvalue weighted by Gasteiger charge is 2.34. The number of benzene rings is 1. The van der Waals surface area contributed by atoms with Crippen molar-refractivity contribution in [1.29, 1.82) is 0 Å². The molecule has 1 aromatic rings. The van der Waals surface area contributed by atoms with Gasteiger partial charge in [-0.15, -0.1) is 0 Å². The molecule has 10 nitrogen and oxygen atoms in total. The molecule has 0 aliphatic rings. The number of carboxylic acid groups (broad SMARTS) is 1. The molecular formula is C22H34N4O6. The van der Waals surface area contributed by atoms with Crippen molar-refractivity contribution in [3.8, 4) is 0 Å². The van der Waals surface area contributed by atoms with Crippen molar-refractivity contribution in [1.82, 2.24) is 20.9 Å². The molecule has 32 heavy (non-hydrogen) atoms. The maximum Gasteiger partial charge on any atom is 0.404 e. The van der Waals surface area contributed by atoms with Crippen LogP contribution in [0.1, 0.15) is 45.2 Å². The van der Waals surface area contributed by atoms with Crippen molar-refractivity contribution in [3.63, 3.8) is 0 Å². The average Bonchev–Trinajstić information content (AvgIpc) is 2.74. The number of aliphatic hydroxyl groups excluding tert-OH is 1. The molecule has 4 atom stereocenters. The van der Waals surface area contributed by atoms with E-state index in [-0.39, 0.29) is 18.2 Å². The number of likely N-dealkylation sites (N-methyl/N-ethyl adjacent to an activating group) is 1. The molecule has 0 aliphatic heterocycles. The SMILES string of the molecule is CCC[C@H](NC(=O)O)C(O)C(=O)N[C@H](C(=O)N[C@H](C(=O)N(C)C)c1ccccc1)C(C)C. The minimum atomic E-state index is -1.67. The number of nitrogens with one attached hydrogen (secondary N) is 3. The van der Waals surface area contributed by atoms with Crippen LogP contribution in [-0.4, -0.2) is 71.2 Å². The zero-order valence-electron chi connectivity index (χ0n) is 19.2. The van der Waals surface area contributed by atoms with Crippen molar-refractivity contribution in [3.05, 3.63) is 35.9 Å². The van der Waals surface area contributed by atoms with E-state index in [9.17, 15) is 24.3 Å². The maximum atomic E-state index is 13.0. The Balaban J connectivity index is 3.03. The Hall–Kier alpha value is -3.14. The van der Waals surface area contributed by atoms with Crippen LogP contribution >= 0.6 is 0 Å². The number of nitrogens with zero attached hydrogens (tertiary/aromatic N) is 1. The Bertz CT molecular complexity index is 784. The van der Waals surface area contributed by atoms with Crippen LogP contribution in [0.2, 0.25) is 0 Å². The summed E-state index contributed by atoms with van der Waals surface area (Å²) in [4.78, 5) is 50.7. The largest absolute Gasteiger partial charge is 0.465 e. The van der Waals surface area contributed by atoms with Crippen LogP contribution in [0, 0.1) is 5.92 Å². The first-order valence-electron chi connectivity index (χ1n) is 10.5. The number of aliphatic hydroxyl groups is 1. The highest BCUT2D eigenvalue weighted by Crippen LogP contribution is 2.16. The average molecular weight is 451 g/mol. The standard InChI is InChI=1S/C22H34N4O6/c1-6-10-15(23-22(31)32)18(27)20(29)24-16(13(2)3)19(28)25-17(21(30)26(4)5)14-11-8-7-9-12-14/h7-9,11-13,15-18,23,27H,6,10H2,1-5H3,(H,24,29)(H,25,28)(H,31,32)/t15-,16-,17-,18?/m0/s1. The van der Waals surface area contributed by atoms with Gasteiger partial charge in [-0.3, -0.25) is 14.4 Å². The first-order valence-corrected chi connectivity index (χ1v) is 10.5. The summed E-state index contributed by atoms with van der Waals surface area (Å²) in [5.74, 6) is -2.18. The lowest BCUT2D eigenvalue weighted by molar-refractivity contribution is -0.138. The zero-order chi connectivity index (χ0) is 24.4. The van der Waals surface area contributed by atoms with Gasteiger partial charge < -0.3 is 31.1 Å². The summed E-state index contributed by atoms with van der Waals surface area (Å²) in [6, 6.07) is 5.70. The van der Waals surface area contributed by atoms with Gasteiger partial charge in [-0.05, 0) is 17.9 Å². The second kappa shape index (κ2) is 12.7. The summed E-state index contributed by atoms with van der Waals surface area (Å²) in [6.45, 7) is 5.21. The van der Waals surface area contributed by atoms with Gasteiger partial charge in [0.2, 0.25) is 11.8 Å². The van der Waals surface area contributed by atoms with Crippen molar-refractivity contribution < 1.29 is 29.4 Å². The molecule has 0 spiro atoms. The topological polar surface area (TPSA) is 148 Å². The number of amides is 4. The predicted octanol–water partition coefficient (Wildman–Crippen LogP) is 0.870. The first kappa shape index (κ1) is 26.9. The normalized spacial score (nSPS) is 14.6. The van der Waals surface area contributed by atoms with E-state index in [1.807, 2.05) is 0 Å². The molecule has 4 amide bonds. The molecule has 0 aliphatic carbocycles. The number of carbonyl (C=O) groups excluding carboxylic acids is 3. The van der Waals surface area contributed by atoms with Crippen molar-refractivity contribution in [2.75, 3.05) is 14.1 Å². The summed E-state index contributed by atoms with van der Waals surface area (Å²) in [7, 11) is 3.15. The third-order valence-electron chi connectivity index (χ3n) is 4.91. The van der Waals surface area contributed by atoms with Crippen LogP contribution in [0.15, 0.2) is 30.3 Å². The molecule has 178 valence electrons. The van der Waals surface area contributed by atoms with Gasteiger partial charge in [-0.2, -0.15) is 0 Å². The fourth-order valence-electron chi connectivity index (χ4n) is 3.16. The van der Waals surface area contributed by atoms with Gasteiger partial charge in [-0.25, -0.2) is 4.79 Å². The fourth-order valence-corrected chi connectivity index (χ4v) is 3.16. The van der Waals surface area contributed by atoms with Gasteiger partial charge in [0.1, 0.15) is 12.1 Å². The summed E-state index contributed by atoms with van der Waals surface area (Å²) in [5, 5.41) is 26.6. The van der Waals surface area contributed by atoms with E-state index < -0.39 is 42.1 Å². The van der Waals surface area contributed by atoms with Crippen LogP contribution in [0.25, 0.3) is 0 Å². The summed E-state index contributed by atoms with van der Waals surface area (Å²) >= 11 is 0. The molecule has 5 N–H and O–H groups in total. The van der Waals surface area contributed by atoms with Gasteiger partial charge >= 0.3 is 6.09 Å². The van der Waals surface area contributed by atoms with E-state index in [2.05, 4.69) is 16.0 Å². The predicted molar refractivity (Wildman–Crippen MR) is 119 cm³/mol. The lowest BCUT2D eigenvalue weighted by Crippen LogP contribution is -2.57. The van der Waals surface area contributed by atoms with E-state index in [1.165, 1.54) is 4.90 Å². The highest BCUT2D eigenvalue weighted by atomic mass is 16.4. The Morgan fingerprint density at radius 2 is 1.56 bits per heavy atom. The van der Waals surface area contributed by atoms with Crippen LogP contribution in [-0.2, 0) is 14.4 Å². The first-order chi connectivity index (χ1) is 15.0. The number of carbonyl (C=O) groups is 4. The molecule has 0 saturated heterocycles. The summed E-state index contributed by atoms with van der Waals surface area (Å²) in [6.07, 6.45) is -2.25. The van der Waals surface area contributed by atoms with Crippen LogP contribution < -0.4 is 16.0 Å². The van der Waals surface area contributed by atoms with E-state index in [4.69, 9.17) is 5.11 Å². The maximum absolute atomic E-state index is 13.0. The summed E-state index contributed by atoms with van der Waals surface area (Å²) in [5.41, 5.74) is 0.585. The van der Waals surface area contributed by atoms with E-state index in [0.717, 1.165) is 0 Å². The molecule has 0 bridgehead atoms. The van der Waals surface area contributed by atoms with Gasteiger partial charge in [0.15, 0.2) is 6.10 Å². The van der Waals surface area contributed by atoms with Crippen LogP contribution in [0.3, 0.4) is 0 Å². The van der Waals surface area contributed by atoms with E-state index >= 15 is 0 Å². The number of hydrogen-bond donors (Lipinski definition) is 5. The molecule has 0 saturated carbocycles. The van der Waals surface area contributed by atoms with E-state index in [0.29, 0.717) is 12.0 Å². The van der Waals surface area contributed by atoms with Crippen molar-refractivity contribution in [2.45, 2.75) is 57.8 Å². The third kappa shape index (κ3) is 7.84. The Morgan fingerprint density at radius 1 is 0.969 bits per heavy atom. The smallest absolute Gasteiger partial charge is 0.404 e. The Labute approximate surface area is 188 Å². The number of hydrogen-bond acceptors (Lipinski definition) is 5. The molecule has 0 heterocycles. The van der Waals surface area contributed by atoms with Crippen molar-refractivity contribution >= 4 is 23.8 Å². The monoisotopic (exact) mass is 450 g/mol. The van der Waals surface area contributed by atoms with Gasteiger partial charge in [0.05, 0.1) is 6.04 Å². The lowest BCUT2D eigenvalue weighted by atomic mass is 9.99. The minimum absolute atomic E-state index is 0.243. The van der Waals surface area contributed by atoms with Gasteiger partial charge in [0, 0.05) is 14.1 Å². The molecular weight excluding hydrogens is 416 g/mol. The molecule has 1 rings (SSSR count). The molecule has 0 radical (unpaired) electrons. The van der Waals surface area contributed by atoms with Gasteiger partial charge in [0.25, 0.3) is 5.91 Å². The van der Waals surface area contributed by atoms with E-state index in [1.54, 1.807) is 65.2 Å². The molecule has 10 heteroatoms. The second-order valence-corrected chi connectivity index (χ2v) is 8.10. The Kier molecular flexibility index (Phi) is 10.6. The van der Waals surface area contributed by atoms with Gasteiger partial charge in [-0.1, -0.05) is 57.5 Å².